The zero-order valence-electron chi connectivity index (χ0n) is 16.2. The molecule has 1 heterocycles. The van der Waals surface area contributed by atoms with Gasteiger partial charge in [-0.2, -0.15) is 8.78 Å². The first kappa shape index (κ1) is 19.8. The number of ether oxygens (including phenoxy) is 2. The molecule has 3 aromatic carbocycles. The Kier molecular flexibility index (Phi) is 5.37. The number of primary amides is 1. The van der Waals surface area contributed by atoms with Gasteiger partial charge < -0.3 is 19.8 Å². The van der Waals surface area contributed by atoms with Gasteiger partial charge in [-0.1, -0.05) is 18.2 Å². The van der Waals surface area contributed by atoms with Gasteiger partial charge in [0, 0.05) is 30.0 Å². The molecule has 30 heavy (non-hydrogen) atoms. The molecule has 0 aliphatic rings. The molecule has 0 atom stereocenters. The number of nitrogens with zero attached hydrogens (tertiary/aromatic N) is 1. The quantitative estimate of drug-likeness (QED) is 0.489. The number of rotatable bonds is 7. The lowest BCUT2D eigenvalue weighted by Crippen LogP contribution is -2.11. The number of aromatic nitrogens is 1. The molecule has 153 valence electrons. The molecule has 0 aliphatic heterocycles. The highest BCUT2D eigenvalue weighted by molar-refractivity contribution is 6.17. The Hall–Kier alpha value is -3.45. The van der Waals surface area contributed by atoms with Crippen LogP contribution in [0.2, 0.25) is 0 Å². The summed E-state index contributed by atoms with van der Waals surface area (Å²) < 4.78 is 36.5. The van der Waals surface area contributed by atoms with E-state index in [1.54, 1.807) is 31.4 Å². The van der Waals surface area contributed by atoms with Crippen LogP contribution in [0.25, 0.3) is 21.8 Å². The highest BCUT2D eigenvalue weighted by atomic mass is 19.3. The summed E-state index contributed by atoms with van der Waals surface area (Å²) in [5, 5.41) is 1.53. The van der Waals surface area contributed by atoms with Crippen molar-refractivity contribution in [3.05, 3.63) is 77.4 Å². The second-order valence-corrected chi connectivity index (χ2v) is 6.87. The van der Waals surface area contributed by atoms with Gasteiger partial charge in [0.2, 0.25) is 5.91 Å². The topological polar surface area (TPSA) is 66.5 Å². The molecule has 0 fully saturated rings. The van der Waals surface area contributed by atoms with Gasteiger partial charge in [-0.3, -0.25) is 4.79 Å². The first-order valence-electron chi connectivity index (χ1n) is 9.26. The minimum absolute atomic E-state index is 0.0997. The van der Waals surface area contributed by atoms with Crippen LogP contribution >= 0.6 is 0 Å². The molecule has 7 heteroatoms. The van der Waals surface area contributed by atoms with E-state index in [2.05, 4.69) is 15.4 Å². The highest BCUT2D eigenvalue weighted by Gasteiger charge is 2.17. The molecular weight excluding hydrogens is 390 g/mol. The molecule has 2 N–H and O–H groups in total. The fourth-order valence-electron chi connectivity index (χ4n) is 3.68. The Labute approximate surface area is 171 Å². The largest absolute Gasteiger partial charge is 0.435 e. The Morgan fingerprint density at radius 3 is 2.57 bits per heavy atom. The summed E-state index contributed by atoms with van der Waals surface area (Å²) in [7, 11) is 1.62. The first-order valence-corrected chi connectivity index (χ1v) is 9.26. The van der Waals surface area contributed by atoms with Crippen LogP contribution in [-0.2, 0) is 17.9 Å². The summed E-state index contributed by atoms with van der Waals surface area (Å²) in [4.78, 5) is 12.0. The summed E-state index contributed by atoms with van der Waals surface area (Å²) in [5.74, 6) is -0.412. The van der Waals surface area contributed by atoms with Gasteiger partial charge in [0.1, 0.15) is 5.75 Å². The van der Waals surface area contributed by atoms with Crippen molar-refractivity contribution in [2.75, 3.05) is 7.11 Å². The maximum Gasteiger partial charge on any atom is 0.387 e. The van der Waals surface area contributed by atoms with Crippen LogP contribution in [0.15, 0.2) is 54.6 Å². The second-order valence-electron chi connectivity index (χ2n) is 6.87. The van der Waals surface area contributed by atoms with Gasteiger partial charge in [0.25, 0.3) is 0 Å². The normalized spacial score (nSPS) is 11.5. The third-order valence-electron chi connectivity index (χ3n) is 4.92. The smallest absolute Gasteiger partial charge is 0.387 e. The van der Waals surface area contributed by atoms with Gasteiger partial charge in [-0.25, -0.2) is 0 Å². The minimum Gasteiger partial charge on any atom is -0.435 e. The maximum atomic E-state index is 12.4. The van der Waals surface area contributed by atoms with Gasteiger partial charge in [0.05, 0.1) is 17.6 Å². The molecule has 1 radical (unpaired) electrons. The number of halogens is 2. The van der Waals surface area contributed by atoms with Crippen LogP contribution in [0.3, 0.4) is 0 Å². The zero-order chi connectivity index (χ0) is 21.3. The van der Waals surface area contributed by atoms with Crippen LogP contribution in [0.1, 0.15) is 21.5 Å². The van der Waals surface area contributed by atoms with Crippen molar-refractivity contribution in [1.29, 1.82) is 0 Å². The SMILES string of the molecule is COCc1c[c]c2c3c(C(N)=O)cccc3n(Cc3ccc(OC(F)F)cc3)c2c1. The van der Waals surface area contributed by atoms with Gasteiger partial charge in [0.15, 0.2) is 0 Å². The third-order valence-corrected chi connectivity index (χ3v) is 4.92. The standard InChI is InChI=1S/C23H19F2N2O3/c1-29-13-15-7-10-17-20(11-15)27(19-4-2-3-18(21(17)19)22(26)28)12-14-5-8-16(9-6-14)30-23(24)25/h2-9,11,23H,12-13H2,1H3,(H2,26,28). The van der Waals surface area contributed by atoms with E-state index in [0.29, 0.717) is 18.7 Å². The molecule has 1 aromatic heterocycles. The molecule has 4 aromatic rings. The number of carbonyl (C=O) groups is 1. The number of amides is 1. The Balaban J connectivity index is 1.87. The number of hydrogen-bond donors (Lipinski definition) is 1. The van der Waals surface area contributed by atoms with Crippen molar-refractivity contribution < 1.29 is 23.0 Å². The first-order chi connectivity index (χ1) is 14.5. The van der Waals surface area contributed by atoms with E-state index in [1.165, 1.54) is 12.1 Å². The van der Waals surface area contributed by atoms with Gasteiger partial charge in [-0.15, -0.1) is 0 Å². The van der Waals surface area contributed by atoms with E-state index in [4.69, 9.17) is 10.5 Å². The van der Waals surface area contributed by atoms with Gasteiger partial charge in [-0.05, 0) is 53.6 Å². The lowest BCUT2D eigenvalue weighted by Gasteiger charge is -2.10. The van der Waals surface area contributed by atoms with Crippen molar-refractivity contribution in [1.82, 2.24) is 4.57 Å². The Bertz CT molecular complexity index is 1220. The Morgan fingerprint density at radius 1 is 1.13 bits per heavy atom. The molecular formula is C23H19F2N2O3. The van der Waals surface area contributed by atoms with E-state index in [0.717, 1.165) is 32.9 Å². The van der Waals surface area contributed by atoms with Crippen LogP contribution in [0, 0.1) is 6.07 Å². The summed E-state index contributed by atoms with van der Waals surface area (Å²) in [5.41, 5.74) is 9.57. The number of fused-ring (bicyclic) bond motifs is 3. The number of methoxy groups -OCH3 is 1. The highest BCUT2D eigenvalue weighted by Crippen LogP contribution is 2.33. The van der Waals surface area contributed by atoms with Crippen molar-refractivity contribution in [3.63, 3.8) is 0 Å². The van der Waals surface area contributed by atoms with Gasteiger partial charge >= 0.3 is 6.61 Å². The average Bonchev–Trinajstić information content (AvgIpc) is 3.02. The monoisotopic (exact) mass is 409 g/mol. The van der Waals surface area contributed by atoms with Crippen molar-refractivity contribution in [2.24, 2.45) is 5.73 Å². The summed E-state index contributed by atoms with van der Waals surface area (Å²) in [6.07, 6.45) is 0. The van der Waals surface area contributed by atoms with Crippen molar-refractivity contribution >= 4 is 27.7 Å². The van der Waals surface area contributed by atoms with Crippen molar-refractivity contribution in [3.8, 4) is 5.75 Å². The van der Waals surface area contributed by atoms with E-state index >= 15 is 0 Å². The molecule has 0 aliphatic carbocycles. The average molecular weight is 409 g/mol. The number of nitrogens with two attached hydrogens (primary N) is 1. The van der Waals surface area contributed by atoms with Crippen LogP contribution in [-0.4, -0.2) is 24.2 Å². The number of benzene rings is 3. The lowest BCUT2D eigenvalue weighted by molar-refractivity contribution is -0.0498. The molecule has 0 bridgehead atoms. The maximum absolute atomic E-state index is 12.4. The number of alkyl halides is 2. The summed E-state index contributed by atoms with van der Waals surface area (Å²) >= 11 is 0. The van der Waals surface area contributed by atoms with E-state index in [1.807, 2.05) is 18.2 Å². The number of hydrogen-bond acceptors (Lipinski definition) is 3. The minimum atomic E-state index is -2.87. The molecule has 5 nitrogen and oxygen atoms in total. The third kappa shape index (κ3) is 3.71. The molecule has 0 unspecified atom stereocenters. The molecule has 0 spiro atoms. The Morgan fingerprint density at radius 2 is 1.90 bits per heavy atom. The molecule has 0 saturated carbocycles. The molecule has 0 saturated heterocycles. The molecule has 4 rings (SSSR count). The zero-order valence-corrected chi connectivity index (χ0v) is 16.2. The van der Waals surface area contributed by atoms with E-state index in [-0.39, 0.29) is 5.75 Å². The van der Waals surface area contributed by atoms with Crippen LogP contribution in [0.5, 0.6) is 5.75 Å². The summed E-state index contributed by atoms with van der Waals surface area (Å²) in [6, 6.07) is 19.0. The van der Waals surface area contributed by atoms with Crippen molar-refractivity contribution in [2.45, 2.75) is 19.8 Å². The fourth-order valence-corrected chi connectivity index (χ4v) is 3.68. The number of carbonyl (C=O) groups excluding carboxylic acids is 1. The van der Waals surface area contributed by atoms with E-state index < -0.39 is 12.5 Å². The van der Waals surface area contributed by atoms with Crippen LogP contribution in [0.4, 0.5) is 8.78 Å². The fraction of sp³-hybridized carbons (Fsp3) is 0.174. The molecule has 1 amide bonds. The predicted octanol–water partition coefficient (Wildman–Crippen LogP) is 4.49. The predicted molar refractivity (Wildman–Crippen MR) is 110 cm³/mol. The van der Waals surface area contributed by atoms with Crippen LogP contribution < -0.4 is 10.5 Å². The second kappa shape index (κ2) is 8.12. The van der Waals surface area contributed by atoms with E-state index in [9.17, 15) is 13.6 Å². The lowest BCUT2D eigenvalue weighted by atomic mass is 10.0. The summed E-state index contributed by atoms with van der Waals surface area (Å²) in [6.45, 7) is -1.98.